The molecule has 1 N–H and O–H groups in total. The number of aryl methyl sites for hydroxylation is 1. The van der Waals surface area contributed by atoms with Crippen molar-refractivity contribution >= 4 is 27.0 Å². The van der Waals surface area contributed by atoms with Crippen LogP contribution in [0.25, 0.3) is 11.0 Å². The predicted molar refractivity (Wildman–Crippen MR) is 129 cm³/mol. The van der Waals surface area contributed by atoms with Gasteiger partial charge in [-0.05, 0) is 62.1 Å². The molecule has 1 aliphatic heterocycles. The number of rotatable bonds is 9. The van der Waals surface area contributed by atoms with E-state index in [4.69, 9.17) is 4.74 Å². The van der Waals surface area contributed by atoms with E-state index >= 15 is 0 Å². The zero-order chi connectivity index (χ0) is 24.1. The van der Waals surface area contributed by atoms with E-state index in [1.165, 1.54) is 4.31 Å². The van der Waals surface area contributed by atoms with Crippen LogP contribution in [0.2, 0.25) is 0 Å². The summed E-state index contributed by atoms with van der Waals surface area (Å²) in [6.45, 7) is 5.90. The van der Waals surface area contributed by atoms with Crippen molar-refractivity contribution in [3.63, 3.8) is 0 Å². The molecule has 10 heteroatoms. The molecule has 1 atom stereocenters. The lowest BCUT2D eigenvalue weighted by Crippen LogP contribution is -2.51. The number of benzene rings is 2. The fraction of sp³-hybridized carbons (Fsp3) is 0.458. The molecule has 0 spiro atoms. The number of nitrogens with one attached hydrogen (secondary N) is 1. The summed E-state index contributed by atoms with van der Waals surface area (Å²) < 4.78 is 35.6. The molecule has 3 aromatic rings. The number of carbonyl (C=O) groups excluding carboxylic acids is 1. The van der Waals surface area contributed by atoms with E-state index in [2.05, 4.69) is 15.6 Å². The predicted octanol–water partition coefficient (Wildman–Crippen LogP) is 3.10. The molecule has 1 aromatic heterocycles. The standard InChI is InChI=1S/C24H31N5O4S/c1-3-14-28-22-13-12-20(16-21(22)26-27-28)34(31,32)29-15-6-5-7-23(29)24(30)25-17-18-8-10-19(11-9-18)33-4-2/h8-13,16,23H,3-7,14-15,17H2,1-2H3,(H,25,30)/t23-/m0/s1. The van der Waals surface area contributed by atoms with E-state index in [0.29, 0.717) is 38.2 Å². The van der Waals surface area contributed by atoms with E-state index in [1.54, 1.807) is 22.9 Å². The number of carbonyl (C=O) groups is 1. The van der Waals surface area contributed by atoms with Gasteiger partial charge in [0.05, 0.1) is 17.0 Å². The molecule has 4 rings (SSSR count). The van der Waals surface area contributed by atoms with Gasteiger partial charge < -0.3 is 10.1 Å². The first kappa shape index (κ1) is 24.2. The summed E-state index contributed by atoms with van der Waals surface area (Å²) >= 11 is 0. The third-order valence-electron chi connectivity index (χ3n) is 5.98. The van der Waals surface area contributed by atoms with Crippen molar-refractivity contribution < 1.29 is 17.9 Å². The van der Waals surface area contributed by atoms with E-state index in [-0.39, 0.29) is 10.8 Å². The van der Waals surface area contributed by atoms with Crippen molar-refractivity contribution in [2.75, 3.05) is 13.2 Å². The van der Waals surface area contributed by atoms with Gasteiger partial charge in [0.25, 0.3) is 0 Å². The Kier molecular flexibility index (Phi) is 7.47. The average Bonchev–Trinajstić information content (AvgIpc) is 3.26. The van der Waals surface area contributed by atoms with Gasteiger partial charge in [-0.15, -0.1) is 5.10 Å². The molecule has 0 unspecified atom stereocenters. The lowest BCUT2D eigenvalue weighted by atomic mass is 10.0. The van der Waals surface area contributed by atoms with Crippen molar-refractivity contribution in [1.29, 1.82) is 0 Å². The monoisotopic (exact) mass is 485 g/mol. The van der Waals surface area contributed by atoms with Crippen molar-refractivity contribution in [2.24, 2.45) is 0 Å². The Hall–Kier alpha value is -2.98. The van der Waals surface area contributed by atoms with Gasteiger partial charge >= 0.3 is 0 Å². The fourth-order valence-corrected chi connectivity index (χ4v) is 5.93. The van der Waals surface area contributed by atoms with Gasteiger partial charge in [0.1, 0.15) is 17.3 Å². The second-order valence-corrected chi connectivity index (χ2v) is 10.3. The first-order chi connectivity index (χ1) is 16.4. The van der Waals surface area contributed by atoms with Crippen LogP contribution in [0.5, 0.6) is 5.75 Å². The average molecular weight is 486 g/mol. The number of sulfonamides is 1. The fourth-order valence-electron chi connectivity index (χ4n) is 4.26. The van der Waals surface area contributed by atoms with Crippen LogP contribution >= 0.6 is 0 Å². The van der Waals surface area contributed by atoms with Gasteiger partial charge in [0.2, 0.25) is 15.9 Å². The molecule has 0 aliphatic carbocycles. The summed E-state index contributed by atoms with van der Waals surface area (Å²) in [6, 6.07) is 11.6. The molecule has 1 aliphatic rings. The first-order valence-corrected chi connectivity index (χ1v) is 13.2. The van der Waals surface area contributed by atoms with Gasteiger partial charge in [-0.3, -0.25) is 4.79 Å². The molecule has 182 valence electrons. The number of fused-ring (bicyclic) bond motifs is 1. The zero-order valence-corrected chi connectivity index (χ0v) is 20.4. The number of piperidine rings is 1. The number of amides is 1. The van der Waals surface area contributed by atoms with Crippen LogP contribution in [0.4, 0.5) is 0 Å². The van der Waals surface area contributed by atoms with Crippen molar-refractivity contribution in [2.45, 2.75) is 63.6 Å². The smallest absolute Gasteiger partial charge is 0.243 e. The van der Waals surface area contributed by atoms with E-state index in [1.807, 2.05) is 38.1 Å². The maximum absolute atomic E-state index is 13.5. The van der Waals surface area contributed by atoms with Gasteiger partial charge in [-0.25, -0.2) is 13.1 Å². The maximum Gasteiger partial charge on any atom is 0.243 e. The first-order valence-electron chi connectivity index (χ1n) is 11.8. The Morgan fingerprint density at radius 1 is 1.15 bits per heavy atom. The number of ether oxygens (including phenoxy) is 1. The second-order valence-electron chi connectivity index (χ2n) is 8.39. The third-order valence-corrected chi connectivity index (χ3v) is 7.89. The zero-order valence-electron chi connectivity index (χ0n) is 19.6. The molecule has 0 radical (unpaired) electrons. The van der Waals surface area contributed by atoms with E-state index in [0.717, 1.165) is 36.1 Å². The Labute approximate surface area is 200 Å². The Morgan fingerprint density at radius 2 is 1.94 bits per heavy atom. The van der Waals surface area contributed by atoms with E-state index < -0.39 is 16.1 Å². The largest absolute Gasteiger partial charge is 0.494 e. The number of nitrogens with zero attached hydrogens (tertiary/aromatic N) is 4. The van der Waals surface area contributed by atoms with Crippen LogP contribution in [-0.4, -0.2) is 52.8 Å². The number of aromatic nitrogens is 3. The normalized spacial score (nSPS) is 17.1. The second kappa shape index (κ2) is 10.5. The van der Waals surface area contributed by atoms with Crippen molar-refractivity contribution in [3.8, 4) is 5.75 Å². The third kappa shape index (κ3) is 5.07. The molecule has 9 nitrogen and oxygen atoms in total. The minimum atomic E-state index is -3.87. The lowest BCUT2D eigenvalue weighted by molar-refractivity contribution is -0.125. The highest BCUT2D eigenvalue weighted by Gasteiger charge is 2.37. The summed E-state index contributed by atoms with van der Waals surface area (Å²) in [4.78, 5) is 13.2. The van der Waals surface area contributed by atoms with Gasteiger partial charge in [0, 0.05) is 19.6 Å². The molecule has 0 bridgehead atoms. The minimum Gasteiger partial charge on any atom is -0.494 e. The molecule has 0 saturated carbocycles. The van der Waals surface area contributed by atoms with Gasteiger partial charge in [0.15, 0.2) is 0 Å². The topological polar surface area (TPSA) is 106 Å². The van der Waals surface area contributed by atoms with Crippen LogP contribution in [0.15, 0.2) is 47.4 Å². The van der Waals surface area contributed by atoms with Crippen LogP contribution in [0, 0.1) is 0 Å². The Balaban J connectivity index is 1.50. The highest BCUT2D eigenvalue weighted by molar-refractivity contribution is 7.89. The molecule has 2 heterocycles. The summed E-state index contributed by atoms with van der Waals surface area (Å²) in [6.07, 6.45) is 2.91. The summed E-state index contributed by atoms with van der Waals surface area (Å²) in [5.41, 5.74) is 2.25. The SMILES string of the molecule is CCCn1nnc2cc(S(=O)(=O)N3CCCC[C@H]3C(=O)NCc3ccc(OCC)cc3)ccc21. The van der Waals surface area contributed by atoms with Crippen LogP contribution in [0.1, 0.15) is 45.1 Å². The quantitative estimate of drug-likeness (QED) is 0.499. The van der Waals surface area contributed by atoms with Crippen molar-refractivity contribution in [3.05, 3.63) is 48.0 Å². The van der Waals surface area contributed by atoms with Crippen LogP contribution in [-0.2, 0) is 27.9 Å². The summed E-state index contributed by atoms with van der Waals surface area (Å²) in [5, 5.41) is 11.2. The van der Waals surface area contributed by atoms with Crippen LogP contribution in [0.3, 0.4) is 0 Å². The van der Waals surface area contributed by atoms with Gasteiger partial charge in [-0.2, -0.15) is 4.31 Å². The summed E-state index contributed by atoms with van der Waals surface area (Å²) in [5.74, 6) is 0.487. The highest BCUT2D eigenvalue weighted by Crippen LogP contribution is 2.27. The molecule has 1 fully saturated rings. The molecular formula is C24H31N5O4S. The molecule has 2 aromatic carbocycles. The Morgan fingerprint density at radius 3 is 2.68 bits per heavy atom. The molecule has 1 amide bonds. The molecular weight excluding hydrogens is 454 g/mol. The maximum atomic E-state index is 13.5. The Bertz CT molecular complexity index is 1240. The minimum absolute atomic E-state index is 0.134. The molecule has 34 heavy (non-hydrogen) atoms. The molecule has 1 saturated heterocycles. The lowest BCUT2D eigenvalue weighted by Gasteiger charge is -2.33. The number of hydrogen-bond donors (Lipinski definition) is 1. The summed E-state index contributed by atoms with van der Waals surface area (Å²) in [7, 11) is -3.87. The number of hydrogen-bond acceptors (Lipinski definition) is 6. The van der Waals surface area contributed by atoms with Crippen LogP contribution < -0.4 is 10.1 Å². The van der Waals surface area contributed by atoms with E-state index in [9.17, 15) is 13.2 Å². The highest BCUT2D eigenvalue weighted by atomic mass is 32.2. The van der Waals surface area contributed by atoms with Gasteiger partial charge in [-0.1, -0.05) is 30.7 Å². The van der Waals surface area contributed by atoms with Crippen molar-refractivity contribution in [1.82, 2.24) is 24.6 Å².